The second-order valence-electron chi connectivity index (χ2n) is 4.08. The fourth-order valence-electron chi connectivity index (χ4n) is 1.61. The molecule has 20 heavy (non-hydrogen) atoms. The number of nitrogens with zero attached hydrogens (tertiary/aromatic N) is 2. The van der Waals surface area contributed by atoms with Crippen LogP contribution in [0.5, 0.6) is 0 Å². The number of aliphatic hydroxyl groups is 1. The van der Waals surface area contributed by atoms with E-state index in [1.54, 1.807) is 0 Å². The van der Waals surface area contributed by atoms with Crippen LogP contribution in [0.3, 0.4) is 0 Å². The molecular weight excluding hydrogens is 264 g/mol. The summed E-state index contributed by atoms with van der Waals surface area (Å²) >= 11 is 0. The molecular formula is C12H18N4O4. The first-order valence-electron chi connectivity index (χ1n) is 6.05. The monoisotopic (exact) mass is 282 g/mol. The zero-order chi connectivity index (χ0) is 15.0. The van der Waals surface area contributed by atoms with E-state index in [4.69, 9.17) is 10.2 Å². The van der Waals surface area contributed by atoms with Crippen LogP contribution >= 0.6 is 0 Å². The third kappa shape index (κ3) is 4.73. The summed E-state index contributed by atoms with van der Waals surface area (Å²) < 4.78 is 0. The highest BCUT2D eigenvalue weighted by atomic mass is 16.4. The number of aromatic nitrogens is 2. The Balaban J connectivity index is 2.66. The third-order valence-corrected chi connectivity index (χ3v) is 2.58. The fraction of sp³-hybridized carbons (Fsp3) is 0.417. The molecule has 0 fully saturated rings. The van der Waals surface area contributed by atoms with Crippen LogP contribution in [0.25, 0.3) is 0 Å². The SMILES string of the molecule is C=CCN(CCO)C(=O)N[C@H](Cc1cnc[nH]1)C(=O)O. The number of aromatic amines is 1. The van der Waals surface area contributed by atoms with E-state index >= 15 is 0 Å². The fourth-order valence-corrected chi connectivity index (χ4v) is 1.61. The summed E-state index contributed by atoms with van der Waals surface area (Å²) in [7, 11) is 0. The van der Waals surface area contributed by atoms with Crippen LogP contribution in [-0.2, 0) is 11.2 Å². The van der Waals surface area contributed by atoms with Gasteiger partial charge in [0.25, 0.3) is 0 Å². The maximum atomic E-state index is 11.9. The first-order valence-corrected chi connectivity index (χ1v) is 6.05. The van der Waals surface area contributed by atoms with Gasteiger partial charge in [-0.15, -0.1) is 6.58 Å². The number of H-pyrrole nitrogens is 1. The van der Waals surface area contributed by atoms with Gasteiger partial charge in [0.05, 0.1) is 12.9 Å². The van der Waals surface area contributed by atoms with Gasteiger partial charge < -0.3 is 25.4 Å². The molecule has 0 aromatic carbocycles. The number of aliphatic hydroxyl groups excluding tert-OH is 1. The average molecular weight is 282 g/mol. The third-order valence-electron chi connectivity index (χ3n) is 2.58. The van der Waals surface area contributed by atoms with Crippen LogP contribution in [0.2, 0.25) is 0 Å². The first kappa shape index (κ1) is 15.7. The summed E-state index contributed by atoms with van der Waals surface area (Å²) in [6, 6.07) is -1.64. The molecule has 4 N–H and O–H groups in total. The lowest BCUT2D eigenvalue weighted by Gasteiger charge is -2.23. The van der Waals surface area contributed by atoms with E-state index in [0.29, 0.717) is 5.69 Å². The van der Waals surface area contributed by atoms with Crippen molar-refractivity contribution in [1.82, 2.24) is 20.2 Å². The van der Waals surface area contributed by atoms with Crippen LogP contribution in [0.4, 0.5) is 4.79 Å². The number of aliphatic carboxylic acids is 1. The van der Waals surface area contributed by atoms with Gasteiger partial charge in [-0.3, -0.25) is 0 Å². The summed E-state index contributed by atoms with van der Waals surface area (Å²) in [6.07, 6.45) is 4.53. The van der Waals surface area contributed by atoms with E-state index in [1.807, 2.05) is 0 Å². The lowest BCUT2D eigenvalue weighted by atomic mass is 10.1. The summed E-state index contributed by atoms with van der Waals surface area (Å²) in [5.41, 5.74) is 0.607. The minimum atomic E-state index is -1.14. The summed E-state index contributed by atoms with van der Waals surface area (Å²) in [5.74, 6) is -1.14. The van der Waals surface area contributed by atoms with Gasteiger partial charge in [-0.05, 0) is 0 Å². The number of carboxylic acids is 1. The van der Waals surface area contributed by atoms with Gasteiger partial charge >= 0.3 is 12.0 Å². The van der Waals surface area contributed by atoms with Crippen molar-refractivity contribution in [3.63, 3.8) is 0 Å². The highest BCUT2D eigenvalue weighted by Gasteiger charge is 2.23. The van der Waals surface area contributed by atoms with Crippen LogP contribution in [0, 0.1) is 0 Å². The van der Waals surface area contributed by atoms with Gasteiger partial charge in [0, 0.05) is 31.4 Å². The molecule has 1 rings (SSSR count). The quantitative estimate of drug-likeness (QED) is 0.484. The molecule has 1 aromatic heterocycles. The molecule has 8 nitrogen and oxygen atoms in total. The van der Waals surface area contributed by atoms with Crippen LogP contribution in [-0.4, -0.2) is 62.8 Å². The van der Waals surface area contributed by atoms with Crippen molar-refractivity contribution in [3.8, 4) is 0 Å². The number of hydrogen-bond acceptors (Lipinski definition) is 4. The van der Waals surface area contributed by atoms with E-state index in [-0.39, 0.29) is 26.1 Å². The molecule has 0 spiro atoms. The summed E-state index contributed by atoms with van der Waals surface area (Å²) in [6.45, 7) is 3.63. The molecule has 1 atom stereocenters. The number of carboxylic acid groups (broad SMARTS) is 1. The van der Waals surface area contributed by atoms with Gasteiger partial charge in [0.1, 0.15) is 6.04 Å². The van der Waals surface area contributed by atoms with Crippen molar-refractivity contribution in [1.29, 1.82) is 0 Å². The van der Waals surface area contributed by atoms with Crippen LogP contribution in [0.1, 0.15) is 5.69 Å². The zero-order valence-electron chi connectivity index (χ0n) is 11.0. The molecule has 8 heteroatoms. The second-order valence-corrected chi connectivity index (χ2v) is 4.08. The molecule has 1 aromatic rings. The molecule has 0 saturated carbocycles. The Hall–Kier alpha value is -2.35. The largest absolute Gasteiger partial charge is 0.480 e. The number of carbonyl (C=O) groups is 2. The smallest absolute Gasteiger partial charge is 0.326 e. The number of nitrogens with one attached hydrogen (secondary N) is 2. The van der Waals surface area contributed by atoms with Gasteiger partial charge in [-0.25, -0.2) is 14.6 Å². The summed E-state index contributed by atoms with van der Waals surface area (Å²) in [4.78, 5) is 30.9. The Morgan fingerprint density at radius 3 is 2.85 bits per heavy atom. The van der Waals surface area contributed by atoms with Crippen LogP contribution in [0.15, 0.2) is 25.2 Å². The molecule has 2 amide bonds. The van der Waals surface area contributed by atoms with E-state index in [2.05, 4.69) is 21.9 Å². The summed E-state index contributed by atoms with van der Waals surface area (Å²) in [5, 5.41) is 20.4. The van der Waals surface area contributed by atoms with Crippen LogP contribution < -0.4 is 5.32 Å². The topological polar surface area (TPSA) is 119 Å². The molecule has 0 aliphatic heterocycles. The molecule has 0 aliphatic rings. The molecule has 0 saturated heterocycles. The van der Waals surface area contributed by atoms with Gasteiger partial charge in [-0.1, -0.05) is 6.08 Å². The van der Waals surface area contributed by atoms with E-state index in [0.717, 1.165) is 0 Å². The minimum Gasteiger partial charge on any atom is -0.480 e. The molecule has 0 unspecified atom stereocenters. The lowest BCUT2D eigenvalue weighted by Crippen LogP contribution is -2.49. The van der Waals surface area contributed by atoms with Crippen molar-refractivity contribution in [3.05, 3.63) is 30.9 Å². The number of carbonyl (C=O) groups excluding carboxylic acids is 1. The molecule has 0 aliphatic carbocycles. The Morgan fingerprint density at radius 1 is 1.60 bits per heavy atom. The Morgan fingerprint density at radius 2 is 2.35 bits per heavy atom. The predicted molar refractivity (Wildman–Crippen MR) is 71.1 cm³/mol. The van der Waals surface area contributed by atoms with Gasteiger partial charge in [0.2, 0.25) is 0 Å². The first-order chi connectivity index (χ1) is 9.58. The van der Waals surface area contributed by atoms with E-state index in [1.165, 1.54) is 23.5 Å². The number of imidazole rings is 1. The maximum Gasteiger partial charge on any atom is 0.326 e. The molecule has 110 valence electrons. The number of amides is 2. The molecule has 1 heterocycles. The Kier molecular flexibility index (Phi) is 6.24. The van der Waals surface area contributed by atoms with Crippen molar-refractivity contribution in [2.24, 2.45) is 0 Å². The van der Waals surface area contributed by atoms with Crippen molar-refractivity contribution < 1.29 is 19.8 Å². The van der Waals surface area contributed by atoms with Crippen molar-refractivity contribution in [2.45, 2.75) is 12.5 Å². The maximum absolute atomic E-state index is 11.9. The highest BCUT2D eigenvalue weighted by Crippen LogP contribution is 2.00. The highest BCUT2D eigenvalue weighted by molar-refractivity contribution is 5.82. The normalized spacial score (nSPS) is 11.7. The lowest BCUT2D eigenvalue weighted by molar-refractivity contribution is -0.139. The number of rotatable bonds is 8. The van der Waals surface area contributed by atoms with E-state index in [9.17, 15) is 9.59 Å². The molecule has 0 radical (unpaired) electrons. The Labute approximate surface area is 116 Å². The minimum absolute atomic E-state index is 0.0993. The van der Waals surface area contributed by atoms with Crippen molar-refractivity contribution >= 4 is 12.0 Å². The van der Waals surface area contributed by atoms with Gasteiger partial charge in [0.15, 0.2) is 0 Å². The molecule has 0 bridgehead atoms. The zero-order valence-corrected chi connectivity index (χ0v) is 11.0. The second kappa shape index (κ2) is 7.95. The Bertz CT molecular complexity index is 446. The predicted octanol–water partition coefficient (Wildman–Crippen LogP) is -0.405. The number of urea groups is 1. The van der Waals surface area contributed by atoms with E-state index < -0.39 is 18.0 Å². The van der Waals surface area contributed by atoms with Crippen molar-refractivity contribution in [2.75, 3.05) is 19.7 Å². The average Bonchev–Trinajstić information content (AvgIpc) is 2.90. The van der Waals surface area contributed by atoms with Gasteiger partial charge in [-0.2, -0.15) is 0 Å². The standard InChI is InChI=1S/C12H18N4O4/c1-2-3-16(4-5-17)12(20)15-10(11(18)19)6-9-7-13-8-14-9/h2,7-8,10,17H,1,3-6H2,(H,13,14)(H,15,20)(H,18,19)/t10-/m1/s1. The number of hydrogen-bond donors (Lipinski definition) is 4.